The Morgan fingerprint density at radius 3 is 2.40 bits per heavy atom. The van der Waals surface area contributed by atoms with E-state index in [4.69, 9.17) is 18.0 Å². The van der Waals surface area contributed by atoms with Crippen molar-refractivity contribution in [2.24, 2.45) is 17.6 Å². The first-order chi connectivity index (χ1) is 9.52. The fourth-order valence-electron chi connectivity index (χ4n) is 3.07. The molecule has 3 nitrogen and oxygen atoms in total. The standard InChI is InChI=1S/C16H22N2OS/c1-3-11-8-9-14(10(11)2)18-16(19)13-6-4-12(5-7-13)15(17)20/h4-7,10-11,14H,3,8-9H2,1-2H3,(H2,17,20)(H,18,19). The summed E-state index contributed by atoms with van der Waals surface area (Å²) in [5.74, 6) is 1.28. The van der Waals surface area contributed by atoms with Crippen molar-refractivity contribution in [1.82, 2.24) is 5.32 Å². The van der Waals surface area contributed by atoms with Crippen molar-refractivity contribution >= 4 is 23.1 Å². The van der Waals surface area contributed by atoms with Gasteiger partial charge in [0.2, 0.25) is 0 Å². The van der Waals surface area contributed by atoms with E-state index >= 15 is 0 Å². The zero-order chi connectivity index (χ0) is 14.7. The maximum absolute atomic E-state index is 12.2. The molecule has 1 saturated carbocycles. The molecule has 0 aliphatic heterocycles. The van der Waals surface area contributed by atoms with Gasteiger partial charge in [-0.05, 0) is 36.8 Å². The summed E-state index contributed by atoms with van der Waals surface area (Å²) in [5, 5.41) is 3.15. The second-order valence-electron chi connectivity index (χ2n) is 5.63. The lowest BCUT2D eigenvalue weighted by molar-refractivity contribution is 0.0926. The van der Waals surface area contributed by atoms with Gasteiger partial charge in [0, 0.05) is 17.2 Å². The van der Waals surface area contributed by atoms with E-state index in [2.05, 4.69) is 19.2 Å². The highest BCUT2D eigenvalue weighted by molar-refractivity contribution is 7.80. The maximum atomic E-state index is 12.2. The highest BCUT2D eigenvalue weighted by atomic mass is 32.1. The number of nitrogens with two attached hydrogens (primary N) is 1. The van der Waals surface area contributed by atoms with Crippen LogP contribution in [0.3, 0.4) is 0 Å². The average molecular weight is 290 g/mol. The number of carbonyl (C=O) groups excluding carboxylic acids is 1. The van der Waals surface area contributed by atoms with Crippen LogP contribution in [0.25, 0.3) is 0 Å². The number of hydrogen-bond acceptors (Lipinski definition) is 2. The SMILES string of the molecule is CCC1CCC(NC(=O)c2ccc(C(N)=S)cc2)C1C. The average Bonchev–Trinajstić information content (AvgIpc) is 2.79. The molecule has 108 valence electrons. The Labute approximate surface area is 125 Å². The molecule has 1 aliphatic carbocycles. The molecule has 1 amide bonds. The summed E-state index contributed by atoms with van der Waals surface area (Å²) >= 11 is 4.91. The first-order valence-electron chi connectivity index (χ1n) is 7.23. The van der Waals surface area contributed by atoms with Gasteiger partial charge >= 0.3 is 0 Å². The molecule has 0 aromatic heterocycles. The number of carbonyl (C=O) groups is 1. The fraction of sp³-hybridized carbons (Fsp3) is 0.500. The monoisotopic (exact) mass is 290 g/mol. The summed E-state index contributed by atoms with van der Waals surface area (Å²) in [6.45, 7) is 4.46. The topological polar surface area (TPSA) is 55.1 Å². The van der Waals surface area contributed by atoms with Crippen molar-refractivity contribution in [2.75, 3.05) is 0 Å². The van der Waals surface area contributed by atoms with E-state index in [0.29, 0.717) is 22.5 Å². The minimum absolute atomic E-state index is 0.00640. The Morgan fingerprint density at radius 1 is 1.30 bits per heavy atom. The molecular formula is C16H22N2OS. The lowest BCUT2D eigenvalue weighted by Crippen LogP contribution is -2.37. The van der Waals surface area contributed by atoms with Gasteiger partial charge in [-0.1, -0.05) is 44.6 Å². The third-order valence-electron chi connectivity index (χ3n) is 4.50. The number of thiocarbonyl (C=S) groups is 1. The Bertz CT molecular complexity index is 498. The number of amides is 1. The van der Waals surface area contributed by atoms with Crippen LogP contribution in [-0.2, 0) is 0 Å². The summed E-state index contributed by atoms with van der Waals surface area (Å²) in [7, 11) is 0. The second-order valence-corrected chi connectivity index (χ2v) is 6.07. The molecule has 1 aromatic rings. The van der Waals surface area contributed by atoms with Gasteiger partial charge in [-0.15, -0.1) is 0 Å². The summed E-state index contributed by atoms with van der Waals surface area (Å²) in [5.41, 5.74) is 7.00. The van der Waals surface area contributed by atoms with Crippen molar-refractivity contribution < 1.29 is 4.79 Å². The van der Waals surface area contributed by atoms with Crippen molar-refractivity contribution in [3.05, 3.63) is 35.4 Å². The third kappa shape index (κ3) is 3.18. The van der Waals surface area contributed by atoms with E-state index in [0.717, 1.165) is 17.9 Å². The lowest BCUT2D eigenvalue weighted by atomic mass is 9.93. The van der Waals surface area contributed by atoms with Crippen molar-refractivity contribution in [3.8, 4) is 0 Å². The van der Waals surface area contributed by atoms with E-state index in [1.807, 2.05) is 0 Å². The second kappa shape index (κ2) is 6.35. The van der Waals surface area contributed by atoms with Crippen LogP contribution in [0.1, 0.15) is 49.0 Å². The lowest BCUT2D eigenvalue weighted by Gasteiger charge is -2.21. The Morgan fingerprint density at radius 2 is 1.90 bits per heavy atom. The van der Waals surface area contributed by atoms with E-state index < -0.39 is 0 Å². The van der Waals surface area contributed by atoms with Gasteiger partial charge in [-0.2, -0.15) is 0 Å². The van der Waals surface area contributed by atoms with E-state index in [-0.39, 0.29) is 5.91 Å². The Balaban J connectivity index is 2.00. The first kappa shape index (κ1) is 15.0. The van der Waals surface area contributed by atoms with Crippen LogP contribution in [0.4, 0.5) is 0 Å². The van der Waals surface area contributed by atoms with Crippen LogP contribution in [0, 0.1) is 11.8 Å². The van der Waals surface area contributed by atoms with E-state index in [1.165, 1.54) is 12.8 Å². The number of rotatable bonds is 4. The summed E-state index contributed by atoms with van der Waals surface area (Å²) in [6.07, 6.45) is 3.48. The van der Waals surface area contributed by atoms with Gasteiger partial charge in [0.05, 0.1) is 0 Å². The van der Waals surface area contributed by atoms with Gasteiger partial charge < -0.3 is 11.1 Å². The van der Waals surface area contributed by atoms with Gasteiger partial charge in [0.1, 0.15) is 4.99 Å². The molecule has 3 atom stereocenters. The van der Waals surface area contributed by atoms with E-state index in [9.17, 15) is 4.79 Å². The number of nitrogens with one attached hydrogen (secondary N) is 1. The predicted octanol–water partition coefficient (Wildman–Crippen LogP) is 2.88. The molecule has 1 fully saturated rings. The van der Waals surface area contributed by atoms with Gasteiger partial charge in [-0.3, -0.25) is 4.79 Å². The molecule has 1 aliphatic rings. The molecular weight excluding hydrogens is 268 g/mol. The molecule has 0 heterocycles. The molecule has 1 aromatic carbocycles. The number of hydrogen-bond donors (Lipinski definition) is 2. The molecule has 0 spiro atoms. The quantitative estimate of drug-likeness (QED) is 0.838. The Kier molecular flexibility index (Phi) is 4.76. The number of benzene rings is 1. The molecule has 0 radical (unpaired) electrons. The molecule has 20 heavy (non-hydrogen) atoms. The van der Waals surface area contributed by atoms with Crippen molar-refractivity contribution in [1.29, 1.82) is 0 Å². The normalized spacial score (nSPS) is 25.4. The highest BCUT2D eigenvalue weighted by Gasteiger charge is 2.32. The van der Waals surface area contributed by atoms with Gasteiger partial charge in [0.15, 0.2) is 0 Å². The summed E-state index contributed by atoms with van der Waals surface area (Å²) in [6, 6.07) is 7.44. The van der Waals surface area contributed by atoms with Gasteiger partial charge in [-0.25, -0.2) is 0 Å². The smallest absolute Gasteiger partial charge is 0.251 e. The molecule has 2 rings (SSSR count). The fourth-order valence-corrected chi connectivity index (χ4v) is 3.20. The molecule has 0 saturated heterocycles. The predicted molar refractivity (Wildman–Crippen MR) is 85.8 cm³/mol. The largest absolute Gasteiger partial charge is 0.389 e. The molecule has 3 unspecified atom stereocenters. The third-order valence-corrected chi connectivity index (χ3v) is 4.73. The summed E-state index contributed by atoms with van der Waals surface area (Å²) in [4.78, 5) is 12.6. The highest BCUT2D eigenvalue weighted by Crippen LogP contribution is 2.33. The maximum Gasteiger partial charge on any atom is 0.251 e. The van der Waals surface area contributed by atoms with Crippen LogP contribution in [0.5, 0.6) is 0 Å². The minimum atomic E-state index is -0.00640. The van der Waals surface area contributed by atoms with Crippen LogP contribution in [-0.4, -0.2) is 16.9 Å². The molecule has 3 N–H and O–H groups in total. The van der Waals surface area contributed by atoms with E-state index in [1.54, 1.807) is 24.3 Å². The first-order valence-corrected chi connectivity index (χ1v) is 7.64. The Hall–Kier alpha value is -1.42. The zero-order valence-electron chi connectivity index (χ0n) is 12.1. The van der Waals surface area contributed by atoms with Crippen molar-refractivity contribution in [2.45, 2.75) is 39.2 Å². The minimum Gasteiger partial charge on any atom is -0.389 e. The summed E-state index contributed by atoms with van der Waals surface area (Å²) < 4.78 is 0. The van der Waals surface area contributed by atoms with Gasteiger partial charge in [0.25, 0.3) is 5.91 Å². The van der Waals surface area contributed by atoms with Crippen LogP contribution >= 0.6 is 12.2 Å². The molecule has 4 heteroatoms. The van der Waals surface area contributed by atoms with Crippen LogP contribution in [0.15, 0.2) is 24.3 Å². The molecule has 0 bridgehead atoms. The van der Waals surface area contributed by atoms with Crippen LogP contribution in [0.2, 0.25) is 0 Å². The van der Waals surface area contributed by atoms with Crippen molar-refractivity contribution in [3.63, 3.8) is 0 Å². The van der Waals surface area contributed by atoms with Crippen LogP contribution < -0.4 is 11.1 Å². The zero-order valence-corrected chi connectivity index (χ0v) is 12.9.